The minimum Gasteiger partial charge on any atom is -0.355 e. The molecule has 98 valence electrons. The van der Waals surface area contributed by atoms with Crippen LogP contribution in [-0.4, -0.2) is 18.5 Å². The van der Waals surface area contributed by atoms with Gasteiger partial charge < -0.3 is 11.1 Å². The largest absolute Gasteiger partial charge is 0.355 e. The maximum Gasteiger partial charge on any atom is 0.236 e. The maximum absolute atomic E-state index is 11.1. The number of amides is 1. The van der Waals surface area contributed by atoms with Crippen LogP contribution < -0.4 is 11.1 Å². The highest BCUT2D eigenvalue weighted by Gasteiger charge is 2.04. The van der Waals surface area contributed by atoms with E-state index >= 15 is 0 Å². The molecule has 16 heavy (non-hydrogen) atoms. The average molecular weight is 251 g/mol. The summed E-state index contributed by atoms with van der Waals surface area (Å²) in [5.74, 6) is 0.764. The molecule has 0 heterocycles. The van der Waals surface area contributed by atoms with E-state index in [1.807, 2.05) is 0 Å². The highest BCUT2D eigenvalue weighted by molar-refractivity contribution is 5.85. The summed E-state index contributed by atoms with van der Waals surface area (Å²) in [5, 5.41) is 2.82. The zero-order valence-corrected chi connectivity index (χ0v) is 11.6. The van der Waals surface area contributed by atoms with E-state index in [2.05, 4.69) is 19.2 Å². The van der Waals surface area contributed by atoms with Gasteiger partial charge in [0.05, 0.1) is 6.04 Å². The second-order valence-electron chi connectivity index (χ2n) is 4.68. The number of carbonyl (C=O) groups is 1. The lowest BCUT2D eigenvalue weighted by Crippen LogP contribution is -2.38. The third-order valence-corrected chi connectivity index (χ3v) is 2.42. The van der Waals surface area contributed by atoms with Crippen molar-refractivity contribution in [2.24, 2.45) is 11.7 Å². The van der Waals surface area contributed by atoms with Gasteiger partial charge in [-0.2, -0.15) is 0 Å². The monoisotopic (exact) mass is 250 g/mol. The Labute approximate surface area is 106 Å². The lowest BCUT2D eigenvalue weighted by molar-refractivity contribution is -0.121. The number of unbranched alkanes of at least 4 members (excludes halogenated alkanes) is 3. The molecule has 1 unspecified atom stereocenters. The summed E-state index contributed by atoms with van der Waals surface area (Å²) in [6.45, 7) is 6.98. The first-order valence-corrected chi connectivity index (χ1v) is 6.07. The smallest absolute Gasteiger partial charge is 0.236 e. The molecule has 3 nitrogen and oxygen atoms in total. The average Bonchev–Trinajstić information content (AvgIpc) is 2.15. The topological polar surface area (TPSA) is 55.1 Å². The summed E-state index contributed by atoms with van der Waals surface area (Å²) < 4.78 is 0. The Kier molecular flexibility index (Phi) is 12.7. The van der Waals surface area contributed by atoms with E-state index in [1.54, 1.807) is 6.92 Å². The molecular weight excluding hydrogens is 224 g/mol. The molecule has 1 atom stereocenters. The summed E-state index contributed by atoms with van der Waals surface area (Å²) >= 11 is 0. The van der Waals surface area contributed by atoms with Crippen molar-refractivity contribution >= 4 is 18.3 Å². The number of nitrogens with one attached hydrogen (secondary N) is 1. The van der Waals surface area contributed by atoms with Gasteiger partial charge in [0.25, 0.3) is 0 Å². The van der Waals surface area contributed by atoms with Gasteiger partial charge in [0, 0.05) is 6.54 Å². The van der Waals surface area contributed by atoms with Crippen LogP contribution in [0.3, 0.4) is 0 Å². The zero-order valence-electron chi connectivity index (χ0n) is 10.8. The number of halogens is 1. The Morgan fingerprint density at radius 1 is 1.12 bits per heavy atom. The molecule has 0 aliphatic carbocycles. The maximum atomic E-state index is 11.1. The predicted octanol–water partition coefficient (Wildman–Crippen LogP) is 2.48. The fraction of sp³-hybridized carbons (Fsp3) is 0.917. The predicted molar refractivity (Wildman–Crippen MR) is 71.8 cm³/mol. The summed E-state index contributed by atoms with van der Waals surface area (Å²) in [4.78, 5) is 11.1. The van der Waals surface area contributed by atoms with Crippen LogP contribution in [-0.2, 0) is 4.79 Å². The first-order chi connectivity index (χ1) is 7.04. The van der Waals surface area contributed by atoms with E-state index in [0.29, 0.717) is 0 Å². The van der Waals surface area contributed by atoms with Crippen molar-refractivity contribution in [1.82, 2.24) is 5.32 Å². The van der Waals surface area contributed by atoms with Gasteiger partial charge in [-0.15, -0.1) is 12.4 Å². The Bertz CT molecular complexity index is 172. The molecule has 3 N–H and O–H groups in total. The van der Waals surface area contributed by atoms with E-state index < -0.39 is 0 Å². The molecule has 0 saturated carbocycles. The number of hydrogen-bond donors (Lipinski definition) is 2. The third kappa shape index (κ3) is 11.8. The van der Waals surface area contributed by atoms with Crippen LogP contribution >= 0.6 is 12.4 Å². The second kappa shape index (κ2) is 11.2. The molecule has 0 spiro atoms. The molecule has 0 aliphatic rings. The van der Waals surface area contributed by atoms with Crippen molar-refractivity contribution in [2.45, 2.75) is 58.9 Å². The van der Waals surface area contributed by atoms with Crippen LogP contribution in [0.1, 0.15) is 52.9 Å². The molecular formula is C12H27ClN2O. The summed E-state index contributed by atoms with van der Waals surface area (Å²) in [7, 11) is 0. The molecule has 0 saturated heterocycles. The Hall–Kier alpha value is -0.280. The highest BCUT2D eigenvalue weighted by atomic mass is 35.5. The molecule has 0 aromatic heterocycles. The normalized spacial score (nSPS) is 12.1. The van der Waals surface area contributed by atoms with Gasteiger partial charge in [0.15, 0.2) is 0 Å². The van der Waals surface area contributed by atoms with Crippen molar-refractivity contribution in [3.05, 3.63) is 0 Å². The van der Waals surface area contributed by atoms with Gasteiger partial charge in [-0.3, -0.25) is 4.79 Å². The molecule has 0 rings (SSSR count). The van der Waals surface area contributed by atoms with E-state index in [1.165, 1.54) is 25.7 Å². The third-order valence-electron chi connectivity index (χ3n) is 2.42. The minimum atomic E-state index is -0.383. The fourth-order valence-electron chi connectivity index (χ4n) is 1.40. The molecule has 0 aromatic carbocycles. The van der Waals surface area contributed by atoms with Crippen molar-refractivity contribution in [3.8, 4) is 0 Å². The zero-order chi connectivity index (χ0) is 11.7. The quantitative estimate of drug-likeness (QED) is 0.651. The molecule has 4 heteroatoms. The lowest BCUT2D eigenvalue weighted by atomic mass is 10.0. The molecule has 0 bridgehead atoms. The van der Waals surface area contributed by atoms with Crippen LogP contribution in [0.15, 0.2) is 0 Å². The van der Waals surface area contributed by atoms with E-state index in [0.717, 1.165) is 18.9 Å². The van der Waals surface area contributed by atoms with Crippen LogP contribution in [0.5, 0.6) is 0 Å². The number of hydrogen-bond acceptors (Lipinski definition) is 2. The van der Waals surface area contributed by atoms with Gasteiger partial charge in [0.1, 0.15) is 0 Å². The van der Waals surface area contributed by atoms with Gasteiger partial charge in [-0.1, -0.05) is 39.5 Å². The Morgan fingerprint density at radius 3 is 2.19 bits per heavy atom. The van der Waals surface area contributed by atoms with E-state index in [9.17, 15) is 4.79 Å². The van der Waals surface area contributed by atoms with Crippen LogP contribution in [0.25, 0.3) is 0 Å². The highest BCUT2D eigenvalue weighted by Crippen LogP contribution is 2.08. The minimum absolute atomic E-state index is 0. The lowest BCUT2D eigenvalue weighted by Gasteiger charge is -2.07. The molecule has 0 radical (unpaired) electrons. The first kappa shape index (κ1) is 18.1. The van der Waals surface area contributed by atoms with Crippen LogP contribution in [0.4, 0.5) is 0 Å². The summed E-state index contributed by atoms with van der Waals surface area (Å²) in [6.07, 6.45) is 6.15. The van der Waals surface area contributed by atoms with Crippen molar-refractivity contribution < 1.29 is 4.79 Å². The Morgan fingerprint density at radius 2 is 1.69 bits per heavy atom. The first-order valence-electron chi connectivity index (χ1n) is 6.07. The van der Waals surface area contributed by atoms with Gasteiger partial charge in [-0.25, -0.2) is 0 Å². The summed E-state index contributed by atoms with van der Waals surface area (Å²) in [5.41, 5.74) is 5.42. The molecule has 0 aromatic rings. The van der Waals surface area contributed by atoms with Crippen molar-refractivity contribution in [3.63, 3.8) is 0 Å². The molecule has 0 aliphatic heterocycles. The Balaban J connectivity index is 0. The number of nitrogens with two attached hydrogens (primary N) is 1. The number of carbonyl (C=O) groups excluding carboxylic acids is 1. The van der Waals surface area contributed by atoms with Crippen molar-refractivity contribution in [1.29, 1.82) is 0 Å². The van der Waals surface area contributed by atoms with Crippen LogP contribution in [0.2, 0.25) is 0 Å². The van der Waals surface area contributed by atoms with Gasteiger partial charge in [0.2, 0.25) is 5.91 Å². The number of rotatable bonds is 8. The standard InChI is InChI=1S/C12H26N2O.ClH/c1-10(2)8-6-4-5-7-9-14-12(15)11(3)13;/h10-11H,4-9,13H2,1-3H3,(H,14,15);1H. The van der Waals surface area contributed by atoms with E-state index in [4.69, 9.17) is 5.73 Å². The van der Waals surface area contributed by atoms with E-state index in [-0.39, 0.29) is 24.4 Å². The fourth-order valence-corrected chi connectivity index (χ4v) is 1.40. The summed E-state index contributed by atoms with van der Waals surface area (Å²) in [6, 6.07) is -0.383. The molecule has 0 fully saturated rings. The van der Waals surface area contributed by atoms with Gasteiger partial charge in [-0.05, 0) is 19.3 Å². The van der Waals surface area contributed by atoms with Crippen LogP contribution in [0, 0.1) is 5.92 Å². The van der Waals surface area contributed by atoms with Crippen molar-refractivity contribution in [2.75, 3.05) is 6.54 Å². The SMILES string of the molecule is CC(C)CCCCCCNC(=O)C(C)N.Cl. The second-order valence-corrected chi connectivity index (χ2v) is 4.68. The van der Waals surface area contributed by atoms with Gasteiger partial charge >= 0.3 is 0 Å². The molecule has 1 amide bonds.